The van der Waals surface area contributed by atoms with Crippen LogP contribution in [-0.4, -0.2) is 215 Å². The van der Waals surface area contributed by atoms with Gasteiger partial charge in [-0.3, -0.25) is 14.9 Å². The molecular weight excluding hydrogens is 620 g/mol. The van der Waals surface area contributed by atoms with Gasteiger partial charge in [0, 0.05) is 31.6 Å². The first-order valence-corrected chi connectivity index (χ1v) is 13.5. The number of nitrogens with two attached hydrogens (primary N) is 1. The normalized spacial score (nSPS) is 21.5. The maximum atomic E-state index is 12.5. The predicted octanol–water partition coefficient (Wildman–Crippen LogP) is -12.0. The Morgan fingerprint density at radius 3 is 1.27 bits per heavy atom. The quantitative estimate of drug-likeness (QED) is 0.0335. The monoisotopic (exact) mass is 668 g/mol. The minimum atomic E-state index is -2.35. The lowest BCUT2D eigenvalue weighted by Gasteiger charge is -2.35. The summed E-state index contributed by atoms with van der Waals surface area (Å²) in [6.45, 7) is -5.50. The van der Waals surface area contributed by atoms with Gasteiger partial charge in [-0.15, -0.1) is 0 Å². The van der Waals surface area contributed by atoms with Gasteiger partial charge in [0.1, 0.15) is 54.9 Å². The average molecular weight is 669 g/mol. The second-order valence-electron chi connectivity index (χ2n) is 10.4. The summed E-state index contributed by atoms with van der Waals surface area (Å²) in [6.07, 6.45) is -25.3. The fourth-order valence-corrected chi connectivity index (χ4v) is 3.58. The van der Waals surface area contributed by atoms with Crippen molar-refractivity contribution in [1.29, 1.82) is 0 Å². The van der Waals surface area contributed by atoms with Crippen molar-refractivity contribution in [1.82, 2.24) is 16.0 Å². The average Bonchev–Trinajstić information content (AvgIpc) is 3.06. The van der Waals surface area contributed by atoms with Crippen molar-refractivity contribution in [3.8, 4) is 0 Å². The standard InChI is InChI=1S/C23H48N4O18/c24-4-23(5-25-8-45-22(44)19(41)14(36)11(33)3-30,6-26-20(42)17(39)15(37)12(34)9(31)1-28)7-27-21(43)18(40)16(38)13(35)10(32)2-29/h9-19,22,25,28-41,44H,1-8,24H2,(H,26,42)(H,27,43). The van der Waals surface area contributed by atoms with Crippen molar-refractivity contribution in [2.45, 2.75) is 73.4 Å². The van der Waals surface area contributed by atoms with Crippen molar-refractivity contribution >= 4 is 11.8 Å². The van der Waals surface area contributed by atoms with E-state index in [9.17, 15) is 70.9 Å². The van der Waals surface area contributed by atoms with Crippen LogP contribution >= 0.6 is 0 Å². The molecule has 0 bridgehead atoms. The molecule has 0 rings (SSSR count). The smallest absolute Gasteiger partial charge is 0.251 e. The second-order valence-corrected chi connectivity index (χ2v) is 10.4. The van der Waals surface area contributed by atoms with Crippen molar-refractivity contribution in [3.63, 3.8) is 0 Å². The third-order valence-corrected chi connectivity index (χ3v) is 6.83. The van der Waals surface area contributed by atoms with Crippen LogP contribution < -0.4 is 21.7 Å². The first-order valence-electron chi connectivity index (χ1n) is 13.5. The summed E-state index contributed by atoms with van der Waals surface area (Å²) in [7, 11) is 0. The van der Waals surface area contributed by atoms with Crippen LogP contribution in [0.2, 0.25) is 0 Å². The molecule has 0 aromatic carbocycles. The van der Waals surface area contributed by atoms with Gasteiger partial charge in [-0.05, 0) is 0 Å². The third-order valence-electron chi connectivity index (χ3n) is 6.83. The zero-order valence-corrected chi connectivity index (χ0v) is 24.1. The number of rotatable bonds is 24. The molecule has 0 aromatic heterocycles. The number of aliphatic hydroxyl groups excluding tert-OH is 15. The van der Waals surface area contributed by atoms with E-state index in [1.165, 1.54) is 0 Å². The molecule has 0 spiro atoms. The van der Waals surface area contributed by atoms with Crippen molar-refractivity contribution in [3.05, 3.63) is 0 Å². The molecule has 0 aromatic rings. The highest BCUT2D eigenvalue weighted by Crippen LogP contribution is 2.15. The van der Waals surface area contributed by atoms with Gasteiger partial charge in [0.15, 0.2) is 18.5 Å². The van der Waals surface area contributed by atoms with Gasteiger partial charge >= 0.3 is 0 Å². The third kappa shape index (κ3) is 13.5. The molecule has 0 aliphatic rings. The molecule has 0 aliphatic heterocycles. The zero-order valence-electron chi connectivity index (χ0n) is 24.1. The van der Waals surface area contributed by atoms with E-state index in [2.05, 4.69) is 16.0 Å². The largest absolute Gasteiger partial charge is 0.394 e. The molecule has 12 unspecified atom stereocenters. The van der Waals surface area contributed by atoms with E-state index in [-0.39, 0.29) is 6.54 Å². The Morgan fingerprint density at radius 1 is 0.578 bits per heavy atom. The van der Waals surface area contributed by atoms with Crippen LogP contribution in [0.3, 0.4) is 0 Å². The number of aliphatic hydroxyl groups is 15. The van der Waals surface area contributed by atoms with E-state index in [0.29, 0.717) is 0 Å². The number of ether oxygens (including phenoxy) is 1. The zero-order chi connectivity index (χ0) is 35.1. The maximum absolute atomic E-state index is 12.5. The Bertz CT molecular complexity index is 804. The number of nitrogens with one attached hydrogen (secondary N) is 3. The molecule has 0 saturated heterocycles. The summed E-state index contributed by atoms with van der Waals surface area (Å²) in [5, 5.41) is 151. The summed E-state index contributed by atoms with van der Waals surface area (Å²) in [5.74, 6) is -2.64. The molecule has 0 fully saturated rings. The molecule has 0 radical (unpaired) electrons. The van der Waals surface area contributed by atoms with Gasteiger partial charge in [-0.25, -0.2) is 0 Å². The van der Waals surface area contributed by atoms with Gasteiger partial charge in [0.05, 0.1) is 26.6 Å². The summed E-state index contributed by atoms with van der Waals surface area (Å²) in [6, 6.07) is 0. The number of hydrogen-bond donors (Lipinski definition) is 19. The number of carbonyl (C=O) groups excluding carboxylic acids is 2. The Hall–Kier alpha value is -1.78. The lowest BCUT2D eigenvalue weighted by Crippen LogP contribution is -2.59. The topological polar surface area (TPSA) is 409 Å². The maximum Gasteiger partial charge on any atom is 0.251 e. The molecular formula is C23H48N4O18. The number of hydrogen-bond acceptors (Lipinski definition) is 20. The van der Waals surface area contributed by atoms with E-state index >= 15 is 0 Å². The van der Waals surface area contributed by atoms with Crippen LogP contribution in [0.1, 0.15) is 0 Å². The number of carbonyl (C=O) groups is 2. The molecule has 268 valence electrons. The summed E-state index contributed by atoms with van der Waals surface area (Å²) in [5.41, 5.74) is 4.35. The number of amides is 2. The molecule has 0 aliphatic carbocycles. The van der Waals surface area contributed by atoms with E-state index in [1.807, 2.05) is 0 Å². The van der Waals surface area contributed by atoms with E-state index in [1.54, 1.807) is 0 Å². The Labute approximate surface area is 256 Å². The van der Waals surface area contributed by atoms with Gasteiger partial charge in [-0.2, -0.15) is 0 Å². The van der Waals surface area contributed by atoms with Crippen LogP contribution in [0.4, 0.5) is 0 Å². The Morgan fingerprint density at radius 2 is 0.933 bits per heavy atom. The minimum Gasteiger partial charge on any atom is -0.394 e. The highest BCUT2D eigenvalue weighted by Gasteiger charge is 2.38. The first kappa shape index (κ1) is 43.2. The first-order chi connectivity index (χ1) is 20.9. The Balaban J connectivity index is 5.66. The van der Waals surface area contributed by atoms with E-state index < -0.39 is 137 Å². The lowest BCUT2D eigenvalue weighted by molar-refractivity contribution is -0.207. The highest BCUT2D eigenvalue weighted by atomic mass is 16.6. The van der Waals surface area contributed by atoms with Gasteiger partial charge < -0.3 is 97.7 Å². The molecule has 0 saturated carbocycles. The Kier molecular flexibility index (Phi) is 20.3. The molecule has 22 heteroatoms. The van der Waals surface area contributed by atoms with Crippen molar-refractivity contribution in [2.75, 3.05) is 52.7 Å². The van der Waals surface area contributed by atoms with Crippen molar-refractivity contribution in [2.24, 2.45) is 11.1 Å². The van der Waals surface area contributed by atoms with Gasteiger partial charge in [-0.1, -0.05) is 0 Å². The highest BCUT2D eigenvalue weighted by molar-refractivity contribution is 5.82. The predicted molar refractivity (Wildman–Crippen MR) is 145 cm³/mol. The van der Waals surface area contributed by atoms with E-state index in [0.717, 1.165) is 0 Å². The molecule has 20 N–H and O–H groups in total. The van der Waals surface area contributed by atoms with Gasteiger partial charge in [0.2, 0.25) is 0 Å². The molecule has 2 amide bonds. The fraction of sp³-hybridized carbons (Fsp3) is 0.913. The van der Waals surface area contributed by atoms with Crippen molar-refractivity contribution < 1.29 is 90.9 Å². The SMILES string of the molecule is NCC(CNCOC(O)C(O)C(O)C(O)CO)(CNC(=O)C(O)C(O)C(O)C(O)CO)CNC(=O)C(O)C(O)C(O)C(O)CO. The van der Waals surface area contributed by atoms with Crippen LogP contribution in [-0.2, 0) is 14.3 Å². The summed E-state index contributed by atoms with van der Waals surface area (Å²) in [4.78, 5) is 25.0. The van der Waals surface area contributed by atoms with Crippen LogP contribution in [0.5, 0.6) is 0 Å². The molecule has 45 heavy (non-hydrogen) atoms. The van der Waals surface area contributed by atoms with E-state index in [4.69, 9.17) is 25.8 Å². The van der Waals surface area contributed by atoms with Gasteiger partial charge in [0.25, 0.3) is 11.8 Å². The molecule has 22 nitrogen and oxygen atoms in total. The van der Waals surface area contributed by atoms with Crippen LogP contribution in [0.25, 0.3) is 0 Å². The lowest BCUT2D eigenvalue weighted by atomic mass is 9.87. The summed E-state index contributed by atoms with van der Waals surface area (Å²) < 4.78 is 4.91. The van der Waals surface area contributed by atoms with Crippen LogP contribution in [0.15, 0.2) is 0 Å². The molecule has 12 atom stereocenters. The van der Waals surface area contributed by atoms with Crippen LogP contribution in [0, 0.1) is 5.41 Å². The fourth-order valence-electron chi connectivity index (χ4n) is 3.58. The molecule has 0 heterocycles. The summed E-state index contributed by atoms with van der Waals surface area (Å²) >= 11 is 0. The minimum absolute atomic E-state index is 0.357. The second kappa shape index (κ2) is 21.2.